The Morgan fingerprint density at radius 2 is 1.93 bits per heavy atom. The second kappa shape index (κ2) is 10.9. The van der Waals surface area contributed by atoms with Crippen LogP contribution < -0.4 is 20.2 Å². The zero-order chi connectivity index (χ0) is 20.4. The molecule has 0 fully saturated rings. The molecule has 0 saturated heterocycles. The lowest BCUT2D eigenvalue weighted by Gasteiger charge is -2.12. The van der Waals surface area contributed by atoms with Crippen LogP contribution in [0.2, 0.25) is 5.02 Å². The third-order valence-corrected chi connectivity index (χ3v) is 4.02. The van der Waals surface area contributed by atoms with Crippen LogP contribution in [-0.4, -0.2) is 31.7 Å². The minimum atomic E-state index is -0.823. The van der Waals surface area contributed by atoms with Crippen molar-refractivity contribution in [1.29, 1.82) is 0 Å². The lowest BCUT2D eigenvalue weighted by Crippen LogP contribution is -2.38. The quantitative estimate of drug-likeness (QED) is 0.403. The van der Waals surface area contributed by atoms with Gasteiger partial charge >= 0.3 is 11.8 Å². The Balaban J connectivity index is 1.97. The van der Waals surface area contributed by atoms with Crippen LogP contribution in [0.5, 0.6) is 11.5 Å². The van der Waals surface area contributed by atoms with Crippen LogP contribution in [0.1, 0.15) is 24.5 Å². The summed E-state index contributed by atoms with van der Waals surface area (Å²) in [5.41, 5.74) is 3.70. The van der Waals surface area contributed by atoms with Gasteiger partial charge in [0.2, 0.25) is 0 Å². The molecule has 2 amide bonds. The maximum absolute atomic E-state index is 11.6. The fourth-order valence-corrected chi connectivity index (χ4v) is 2.38. The Morgan fingerprint density at radius 1 is 1.14 bits per heavy atom. The minimum Gasteiger partial charge on any atom is -0.493 e. The Bertz CT molecular complexity index is 855. The number of carbonyl (C=O) groups is 2. The summed E-state index contributed by atoms with van der Waals surface area (Å²) < 4.78 is 11.1. The standard InChI is InChI=1S/C20H22ClN3O4/c1-3-10-22-19(25)20(26)24-23-12-14-8-9-17(18(11-14)27-2)28-13-15-6-4-5-7-16(15)21/h4-9,11-12H,3,10,13H2,1-2H3,(H,22,25)(H,24,26)/b23-12-. The number of halogens is 1. The average molecular weight is 404 g/mol. The van der Waals surface area contributed by atoms with Gasteiger partial charge in [0, 0.05) is 17.1 Å². The Morgan fingerprint density at radius 3 is 2.64 bits per heavy atom. The van der Waals surface area contributed by atoms with E-state index in [0.717, 1.165) is 12.0 Å². The summed E-state index contributed by atoms with van der Waals surface area (Å²) in [6.07, 6.45) is 2.15. The molecule has 8 heteroatoms. The molecule has 2 N–H and O–H groups in total. The molecule has 0 heterocycles. The van der Waals surface area contributed by atoms with Crippen molar-refractivity contribution >= 4 is 29.6 Å². The number of hydrogen-bond donors (Lipinski definition) is 2. The second-order valence-electron chi connectivity index (χ2n) is 5.75. The largest absolute Gasteiger partial charge is 0.493 e. The van der Waals surface area contributed by atoms with E-state index < -0.39 is 11.8 Å². The van der Waals surface area contributed by atoms with Crippen LogP contribution in [-0.2, 0) is 16.2 Å². The Hall–Kier alpha value is -3.06. The van der Waals surface area contributed by atoms with Gasteiger partial charge in [0.05, 0.1) is 13.3 Å². The van der Waals surface area contributed by atoms with E-state index in [1.165, 1.54) is 13.3 Å². The number of amides is 2. The van der Waals surface area contributed by atoms with Gasteiger partial charge in [-0.3, -0.25) is 9.59 Å². The first kappa shape index (κ1) is 21.2. The first-order chi connectivity index (χ1) is 13.5. The third kappa shape index (κ3) is 6.28. The molecule has 0 atom stereocenters. The molecule has 148 valence electrons. The van der Waals surface area contributed by atoms with E-state index >= 15 is 0 Å². The molecule has 28 heavy (non-hydrogen) atoms. The Kier molecular flexibility index (Phi) is 8.30. The first-order valence-corrected chi connectivity index (χ1v) is 9.08. The van der Waals surface area contributed by atoms with Crippen molar-refractivity contribution in [2.45, 2.75) is 20.0 Å². The zero-order valence-corrected chi connectivity index (χ0v) is 16.5. The highest BCUT2D eigenvalue weighted by Crippen LogP contribution is 2.29. The molecule has 0 aliphatic heterocycles. The van der Waals surface area contributed by atoms with Gasteiger partial charge in [-0.1, -0.05) is 36.7 Å². The summed E-state index contributed by atoms with van der Waals surface area (Å²) in [6, 6.07) is 12.6. The predicted molar refractivity (Wildman–Crippen MR) is 108 cm³/mol. The zero-order valence-electron chi connectivity index (χ0n) is 15.7. The summed E-state index contributed by atoms with van der Waals surface area (Å²) in [4.78, 5) is 23.0. The van der Waals surface area contributed by atoms with Crippen molar-refractivity contribution in [2.75, 3.05) is 13.7 Å². The number of rotatable bonds is 8. The predicted octanol–water partition coefficient (Wildman–Crippen LogP) is 2.90. The summed E-state index contributed by atoms with van der Waals surface area (Å²) in [6.45, 7) is 2.63. The Labute approximate surface area is 168 Å². The molecule has 2 rings (SSSR count). The molecular weight excluding hydrogens is 382 g/mol. The molecule has 0 aromatic heterocycles. The van der Waals surface area contributed by atoms with E-state index in [0.29, 0.717) is 35.2 Å². The van der Waals surface area contributed by atoms with Crippen molar-refractivity contribution in [3.05, 3.63) is 58.6 Å². The molecule has 2 aromatic carbocycles. The van der Waals surface area contributed by atoms with E-state index in [2.05, 4.69) is 15.8 Å². The summed E-state index contributed by atoms with van der Waals surface area (Å²) in [7, 11) is 1.53. The summed E-state index contributed by atoms with van der Waals surface area (Å²) >= 11 is 6.13. The van der Waals surface area contributed by atoms with Gasteiger partial charge in [-0.05, 0) is 36.2 Å². The summed E-state index contributed by atoms with van der Waals surface area (Å²) in [5.74, 6) is -0.498. The molecule has 0 unspecified atom stereocenters. The van der Waals surface area contributed by atoms with Crippen LogP contribution in [0.15, 0.2) is 47.6 Å². The highest BCUT2D eigenvalue weighted by molar-refractivity contribution is 6.35. The number of nitrogens with one attached hydrogen (secondary N) is 2. The van der Waals surface area contributed by atoms with Gasteiger partial charge in [-0.25, -0.2) is 5.43 Å². The highest BCUT2D eigenvalue weighted by atomic mass is 35.5. The van der Waals surface area contributed by atoms with Gasteiger partial charge in [0.1, 0.15) is 6.61 Å². The minimum absolute atomic E-state index is 0.298. The van der Waals surface area contributed by atoms with Crippen molar-refractivity contribution in [1.82, 2.24) is 10.7 Å². The van der Waals surface area contributed by atoms with Crippen LogP contribution >= 0.6 is 11.6 Å². The third-order valence-electron chi connectivity index (χ3n) is 3.65. The SMILES string of the molecule is CCCNC(=O)C(=O)N/N=C\c1ccc(OCc2ccccc2Cl)c(OC)c1. The van der Waals surface area contributed by atoms with Crippen molar-refractivity contribution in [3.63, 3.8) is 0 Å². The molecule has 7 nitrogen and oxygen atoms in total. The van der Waals surface area contributed by atoms with Crippen molar-refractivity contribution in [2.24, 2.45) is 5.10 Å². The molecule has 0 aliphatic carbocycles. The molecule has 2 aromatic rings. The fraction of sp³-hybridized carbons (Fsp3) is 0.250. The smallest absolute Gasteiger partial charge is 0.329 e. The number of hydrogen-bond acceptors (Lipinski definition) is 5. The van der Waals surface area contributed by atoms with Gasteiger partial charge in [-0.2, -0.15) is 5.10 Å². The topological polar surface area (TPSA) is 89.0 Å². The van der Waals surface area contributed by atoms with E-state index in [1.54, 1.807) is 24.3 Å². The van der Waals surface area contributed by atoms with Gasteiger partial charge in [0.25, 0.3) is 0 Å². The molecular formula is C20H22ClN3O4. The molecule has 0 saturated carbocycles. The number of methoxy groups -OCH3 is 1. The van der Waals surface area contributed by atoms with E-state index in [1.807, 2.05) is 25.1 Å². The molecule has 0 spiro atoms. The van der Waals surface area contributed by atoms with Gasteiger partial charge < -0.3 is 14.8 Å². The number of benzene rings is 2. The van der Waals surface area contributed by atoms with Crippen molar-refractivity contribution < 1.29 is 19.1 Å². The molecule has 0 bridgehead atoms. The maximum Gasteiger partial charge on any atom is 0.329 e. The lowest BCUT2D eigenvalue weighted by atomic mass is 10.2. The fourth-order valence-electron chi connectivity index (χ4n) is 2.19. The number of carbonyl (C=O) groups excluding carboxylic acids is 2. The maximum atomic E-state index is 11.6. The van der Waals surface area contributed by atoms with E-state index in [-0.39, 0.29) is 0 Å². The average Bonchev–Trinajstić information content (AvgIpc) is 2.71. The van der Waals surface area contributed by atoms with Crippen LogP contribution in [0.3, 0.4) is 0 Å². The van der Waals surface area contributed by atoms with E-state index in [9.17, 15) is 9.59 Å². The van der Waals surface area contributed by atoms with Crippen LogP contribution in [0.4, 0.5) is 0 Å². The monoisotopic (exact) mass is 403 g/mol. The van der Waals surface area contributed by atoms with Crippen LogP contribution in [0, 0.1) is 0 Å². The normalized spacial score (nSPS) is 10.5. The highest BCUT2D eigenvalue weighted by Gasteiger charge is 2.11. The lowest BCUT2D eigenvalue weighted by molar-refractivity contribution is -0.139. The molecule has 0 radical (unpaired) electrons. The van der Waals surface area contributed by atoms with Crippen LogP contribution in [0.25, 0.3) is 0 Å². The molecule has 0 aliphatic rings. The van der Waals surface area contributed by atoms with E-state index in [4.69, 9.17) is 21.1 Å². The van der Waals surface area contributed by atoms with Gasteiger partial charge in [-0.15, -0.1) is 0 Å². The number of ether oxygens (including phenoxy) is 2. The number of hydrazone groups is 1. The van der Waals surface area contributed by atoms with Gasteiger partial charge in [0.15, 0.2) is 11.5 Å². The first-order valence-electron chi connectivity index (χ1n) is 8.70. The van der Waals surface area contributed by atoms with Crippen molar-refractivity contribution in [3.8, 4) is 11.5 Å². The summed E-state index contributed by atoms with van der Waals surface area (Å²) in [5, 5.41) is 6.88. The number of nitrogens with zero attached hydrogens (tertiary/aromatic N) is 1. The second-order valence-corrected chi connectivity index (χ2v) is 6.15.